The number of benzene rings is 4. The van der Waals surface area contributed by atoms with Crippen molar-refractivity contribution in [2.24, 2.45) is 0 Å². The normalized spacial score (nSPS) is 12.5. The summed E-state index contributed by atoms with van der Waals surface area (Å²) in [6.45, 7) is 0. The van der Waals surface area contributed by atoms with Gasteiger partial charge in [-0.15, -0.1) is 0 Å². The van der Waals surface area contributed by atoms with Crippen LogP contribution in [0.5, 0.6) is 23.0 Å². The molecule has 0 radical (unpaired) electrons. The van der Waals surface area contributed by atoms with Gasteiger partial charge in [-0.1, -0.05) is 35.3 Å². The van der Waals surface area contributed by atoms with E-state index < -0.39 is 40.2 Å². The number of imide groups is 2. The fraction of sp³-hybridized carbons (Fsp3) is 0.118. The van der Waals surface area contributed by atoms with E-state index >= 15 is 0 Å². The second-order valence-electron chi connectivity index (χ2n) is 10.9. The Bertz CT molecular complexity index is 2220. The number of esters is 2. The van der Waals surface area contributed by atoms with Gasteiger partial charge in [0.25, 0.3) is 23.6 Å². The third kappa shape index (κ3) is 7.93. The minimum Gasteiger partial charge on any atom is -0.469 e. The summed E-state index contributed by atoms with van der Waals surface area (Å²) < 4.78 is 20.4. The van der Waals surface area contributed by atoms with Crippen molar-refractivity contribution < 1.29 is 52.6 Å². The lowest BCUT2D eigenvalue weighted by Crippen LogP contribution is -2.19. The number of hydrogen-bond acceptors (Lipinski definition) is 13. The monoisotopic (exact) mass is 750 g/mol. The van der Waals surface area contributed by atoms with Crippen molar-refractivity contribution in [1.29, 1.82) is 0 Å². The fourth-order valence-electron chi connectivity index (χ4n) is 4.89. The van der Waals surface area contributed by atoms with Gasteiger partial charge in [-0.25, -0.2) is 0 Å². The molecule has 0 atom stereocenters. The van der Waals surface area contributed by atoms with E-state index in [0.717, 1.165) is 12.1 Å². The highest BCUT2D eigenvalue weighted by Gasteiger charge is 2.32. The number of nitro groups is 1. The first kappa shape index (κ1) is 36.8. The Hall–Kier alpha value is -6.52. The van der Waals surface area contributed by atoms with Crippen LogP contribution in [-0.4, -0.2) is 54.7 Å². The number of ether oxygens (including phenoxy) is 4. The maximum atomic E-state index is 11.8. The van der Waals surface area contributed by atoms with Crippen molar-refractivity contribution in [2.75, 3.05) is 20.0 Å². The van der Waals surface area contributed by atoms with Crippen LogP contribution in [0.1, 0.15) is 52.6 Å². The summed E-state index contributed by atoms with van der Waals surface area (Å²) in [5.74, 6) is -2.90. The number of nitrogens with one attached hydrogen (secondary N) is 2. The molecule has 0 aromatic heterocycles. The molecule has 52 heavy (non-hydrogen) atoms. The van der Waals surface area contributed by atoms with E-state index in [-0.39, 0.29) is 74.0 Å². The second-order valence-corrected chi connectivity index (χ2v) is 11.7. The molecule has 0 fully saturated rings. The molecule has 2 heterocycles. The molecule has 4 aromatic carbocycles. The van der Waals surface area contributed by atoms with Crippen LogP contribution in [0.2, 0.25) is 10.0 Å². The molecule has 0 bridgehead atoms. The van der Waals surface area contributed by atoms with Crippen LogP contribution in [0.4, 0.5) is 11.4 Å². The van der Waals surface area contributed by atoms with E-state index in [1.807, 2.05) is 0 Å². The second kappa shape index (κ2) is 15.2. The number of nitrogen functional groups attached to an aromatic ring is 1. The summed E-state index contributed by atoms with van der Waals surface area (Å²) in [6, 6.07) is 14.1. The Labute approximate surface area is 302 Å². The van der Waals surface area contributed by atoms with Gasteiger partial charge in [0, 0.05) is 12.1 Å². The van der Waals surface area contributed by atoms with Gasteiger partial charge in [0.05, 0.1) is 70.0 Å². The summed E-state index contributed by atoms with van der Waals surface area (Å²) in [7, 11) is 2.56. The fourth-order valence-corrected chi connectivity index (χ4v) is 5.38. The number of carbonyl (C=O) groups excluding carboxylic acids is 6. The minimum absolute atomic E-state index is 0.00221. The Kier molecular flexibility index (Phi) is 10.7. The van der Waals surface area contributed by atoms with Crippen LogP contribution in [0.25, 0.3) is 0 Å². The number of amides is 4. The lowest BCUT2D eigenvalue weighted by atomic mass is 10.1. The zero-order valence-corrected chi connectivity index (χ0v) is 28.4. The van der Waals surface area contributed by atoms with Crippen molar-refractivity contribution >= 4 is 70.1 Å². The first-order chi connectivity index (χ1) is 24.7. The van der Waals surface area contributed by atoms with Crippen LogP contribution in [0, 0.1) is 10.1 Å². The lowest BCUT2D eigenvalue weighted by Gasteiger charge is -2.12. The minimum atomic E-state index is -0.731. The highest BCUT2D eigenvalue weighted by molar-refractivity contribution is 6.32. The van der Waals surface area contributed by atoms with E-state index in [9.17, 15) is 38.9 Å². The lowest BCUT2D eigenvalue weighted by molar-refractivity contribution is -0.385. The number of hydrogen-bond donors (Lipinski definition) is 3. The predicted molar refractivity (Wildman–Crippen MR) is 182 cm³/mol. The zero-order valence-electron chi connectivity index (χ0n) is 26.9. The molecule has 0 unspecified atom stereocenters. The molecular weight excluding hydrogens is 727 g/mol. The predicted octanol–water partition coefficient (Wildman–Crippen LogP) is 4.95. The molecule has 0 saturated carbocycles. The van der Waals surface area contributed by atoms with Gasteiger partial charge in [-0.05, 0) is 47.5 Å². The molecule has 18 heteroatoms. The molecule has 16 nitrogen and oxygen atoms in total. The van der Waals surface area contributed by atoms with Crippen LogP contribution >= 0.6 is 23.2 Å². The maximum absolute atomic E-state index is 11.8. The molecule has 266 valence electrons. The summed E-state index contributed by atoms with van der Waals surface area (Å²) in [5, 5.41) is 15.9. The van der Waals surface area contributed by atoms with Crippen molar-refractivity contribution in [2.45, 2.75) is 12.8 Å². The summed E-state index contributed by atoms with van der Waals surface area (Å²) >= 11 is 12.3. The Balaban J connectivity index is 0.000000202. The van der Waals surface area contributed by atoms with Crippen molar-refractivity contribution in [3.8, 4) is 23.0 Å². The first-order valence-corrected chi connectivity index (χ1v) is 15.5. The first-order valence-electron chi connectivity index (χ1n) is 14.7. The van der Waals surface area contributed by atoms with E-state index in [4.69, 9.17) is 38.4 Å². The van der Waals surface area contributed by atoms with Gasteiger partial charge in [0.2, 0.25) is 5.75 Å². The van der Waals surface area contributed by atoms with E-state index in [1.165, 1.54) is 38.5 Å². The molecule has 2 aliphatic heterocycles. The zero-order chi connectivity index (χ0) is 37.9. The summed E-state index contributed by atoms with van der Waals surface area (Å²) in [4.78, 5) is 80.0. The van der Waals surface area contributed by atoms with Crippen LogP contribution < -0.4 is 25.8 Å². The molecule has 4 amide bonds. The molecule has 6 rings (SSSR count). The standard InChI is InChI=1S/C17H11ClN2O7.C17H13ClN2O5/c1-26-15(21)5-8-2-3-13(11(18)4-8)27-14-7-10-9(6-12(14)20(24)25)16(22)19-17(10)23;1-24-15(21)5-8-2-3-13(11(18)4-8)25-14-7-10-9(6-12(14)19)16(22)20-17(10)23/h2-4,6-7H,5H2,1H3,(H,19,22,23);2-4,6-7H,5,19H2,1H3,(H,20,22,23). The molecule has 0 saturated heterocycles. The van der Waals surface area contributed by atoms with Crippen LogP contribution in [0.15, 0.2) is 60.7 Å². The van der Waals surface area contributed by atoms with Crippen molar-refractivity contribution in [1.82, 2.24) is 10.6 Å². The van der Waals surface area contributed by atoms with Gasteiger partial charge in [0.15, 0.2) is 5.75 Å². The van der Waals surface area contributed by atoms with Crippen molar-refractivity contribution in [3.63, 3.8) is 0 Å². The number of halogens is 2. The van der Waals surface area contributed by atoms with E-state index in [1.54, 1.807) is 24.3 Å². The maximum Gasteiger partial charge on any atom is 0.312 e. The topological polar surface area (TPSA) is 233 Å². The van der Waals surface area contributed by atoms with Crippen molar-refractivity contribution in [3.05, 3.63) is 114 Å². The van der Waals surface area contributed by atoms with Crippen LogP contribution in [0.3, 0.4) is 0 Å². The molecule has 0 aliphatic carbocycles. The average molecular weight is 751 g/mol. The number of methoxy groups -OCH3 is 2. The highest BCUT2D eigenvalue weighted by Crippen LogP contribution is 2.39. The number of nitrogens with zero attached hydrogens (tertiary/aromatic N) is 1. The highest BCUT2D eigenvalue weighted by atomic mass is 35.5. The number of anilines is 1. The van der Waals surface area contributed by atoms with Gasteiger partial charge >= 0.3 is 17.6 Å². The number of nitro benzene ring substituents is 1. The van der Waals surface area contributed by atoms with E-state index in [2.05, 4.69) is 20.1 Å². The molecule has 4 aromatic rings. The number of carbonyl (C=O) groups is 6. The number of nitrogens with two attached hydrogens (primary N) is 1. The Morgan fingerprint density at radius 1 is 0.654 bits per heavy atom. The summed E-state index contributed by atoms with van der Waals surface area (Å²) in [5.41, 5.74) is 7.08. The third-order valence-corrected chi connectivity index (χ3v) is 8.05. The molecule has 4 N–H and O–H groups in total. The quantitative estimate of drug-likeness (QED) is 0.0676. The average Bonchev–Trinajstić information content (AvgIpc) is 3.54. The summed E-state index contributed by atoms with van der Waals surface area (Å²) in [6.07, 6.45) is 0.0809. The smallest absolute Gasteiger partial charge is 0.312 e. The Morgan fingerprint density at radius 2 is 1.06 bits per heavy atom. The molecular formula is C34H24Cl2N4O12. The number of rotatable bonds is 9. The molecule has 2 aliphatic rings. The Morgan fingerprint density at radius 3 is 1.48 bits per heavy atom. The van der Waals surface area contributed by atoms with Gasteiger partial charge in [-0.3, -0.25) is 49.5 Å². The van der Waals surface area contributed by atoms with Gasteiger partial charge in [-0.2, -0.15) is 0 Å². The largest absolute Gasteiger partial charge is 0.469 e. The van der Waals surface area contributed by atoms with Gasteiger partial charge in [0.1, 0.15) is 11.5 Å². The van der Waals surface area contributed by atoms with E-state index in [0.29, 0.717) is 16.9 Å². The SMILES string of the molecule is COC(=O)Cc1ccc(Oc2cc3c(cc2N)C(=O)NC3=O)c(Cl)c1.COC(=O)Cc1ccc(Oc2cc3c(cc2[N+](=O)[O-])C(=O)NC3=O)c(Cl)c1. The van der Waals surface area contributed by atoms with Gasteiger partial charge < -0.3 is 24.7 Å². The number of fused-ring (bicyclic) bond motifs is 2. The third-order valence-electron chi connectivity index (χ3n) is 7.46. The van der Waals surface area contributed by atoms with Crippen LogP contribution in [-0.2, 0) is 31.9 Å². The molecule has 0 spiro atoms.